The summed E-state index contributed by atoms with van der Waals surface area (Å²) >= 11 is 12.1. The quantitative estimate of drug-likeness (QED) is 0.322. The van der Waals surface area contributed by atoms with Gasteiger partial charge in [-0.25, -0.2) is 0 Å². The van der Waals surface area contributed by atoms with Gasteiger partial charge in [-0.1, -0.05) is 41.8 Å². The lowest BCUT2D eigenvalue weighted by Crippen LogP contribution is -2.16. The van der Waals surface area contributed by atoms with Gasteiger partial charge in [-0.15, -0.1) is 0 Å². The zero-order chi connectivity index (χ0) is 22.2. The number of halogens is 2. The minimum Gasteiger partial charge on any atom is -0.489 e. The van der Waals surface area contributed by atoms with E-state index in [0.717, 1.165) is 24.1 Å². The molecule has 0 N–H and O–H groups in total. The van der Waals surface area contributed by atoms with Gasteiger partial charge in [-0.05, 0) is 61.6 Å². The Morgan fingerprint density at radius 2 is 1.81 bits per heavy atom. The third-order valence-corrected chi connectivity index (χ3v) is 6.93. The molecule has 1 aliphatic carbocycles. The van der Waals surface area contributed by atoms with E-state index >= 15 is 0 Å². The highest BCUT2D eigenvalue weighted by atomic mass is 35.5. The number of hydrogen-bond acceptors (Lipinski definition) is 2. The molecule has 2 aromatic heterocycles. The molecule has 0 atom stereocenters. The molecule has 0 fully saturated rings. The summed E-state index contributed by atoms with van der Waals surface area (Å²) in [7, 11) is 2.14. The van der Waals surface area contributed by atoms with Crippen molar-refractivity contribution in [3.63, 3.8) is 0 Å². The molecule has 4 aromatic rings. The van der Waals surface area contributed by atoms with Crippen molar-refractivity contribution in [2.45, 2.75) is 38.7 Å². The predicted molar refractivity (Wildman–Crippen MR) is 131 cm³/mol. The van der Waals surface area contributed by atoms with Crippen LogP contribution in [0, 0.1) is 0 Å². The van der Waals surface area contributed by atoms with Crippen molar-refractivity contribution in [3.05, 3.63) is 91.9 Å². The molecule has 2 heterocycles. The van der Waals surface area contributed by atoms with Gasteiger partial charge < -0.3 is 9.30 Å². The van der Waals surface area contributed by atoms with E-state index in [1.807, 2.05) is 12.1 Å². The fourth-order valence-electron chi connectivity index (χ4n) is 4.64. The van der Waals surface area contributed by atoms with Gasteiger partial charge in [0.25, 0.3) is 5.56 Å². The maximum atomic E-state index is 12.9. The van der Waals surface area contributed by atoms with Gasteiger partial charge in [-0.3, -0.25) is 9.36 Å². The van der Waals surface area contributed by atoms with Gasteiger partial charge in [0.15, 0.2) is 0 Å². The van der Waals surface area contributed by atoms with Gasteiger partial charge in [0.05, 0.1) is 11.2 Å². The van der Waals surface area contributed by atoms with Crippen molar-refractivity contribution in [1.82, 2.24) is 9.13 Å². The lowest BCUT2D eigenvalue weighted by atomic mass is 10.1. The van der Waals surface area contributed by atoms with Crippen molar-refractivity contribution in [3.8, 4) is 11.4 Å². The molecule has 0 spiro atoms. The Labute approximate surface area is 197 Å². The van der Waals surface area contributed by atoms with Gasteiger partial charge in [0.2, 0.25) is 0 Å². The standard InChI is InChI=1S/C26H24Cl2N2O2/c1-29-24-6-4-2-3-5-21(24)22-10-9-19(14-25(22)29)30-12-11-20(15-26(30)31)32-16-17-7-8-18(27)13-23(17)28/h7-15H,2-6,16H2,1H3. The Balaban J connectivity index is 1.42. The zero-order valence-corrected chi connectivity index (χ0v) is 19.4. The van der Waals surface area contributed by atoms with Gasteiger partial charge in [0.1, 0.15) is 12.4 Å². The first-order valence-corrected chi connectivity index (χ1v) is 11.7. The van der Waals surface area contributed by atoms with Crippen molar-refractivity contribution < 1.29 is 4.74 Å². The van der Waals surface area contributed by atoms with Crippen molar-refractivity contribution in [2.24, 2.45) is 7.05 Å². The molecule has 0 saturated carbocycles. The van der Waals surface area contributed by atoms with E-state index in [2.05, 4.69) is 23.7 Å². The topological polar surface area (TPSA) is 36.2 Å². The van der Waals surface area contributed by atoms with Crippen molar-refractivity contribution in [1.29, 1.82) is 0 Å². The fraction of sp³-hybridized carbons (Fsp3) is 0.269. The third-order valence-electron chi connectivity index (χ3n) is 6.34. The number of ether oxygens (including phenoxy) is 1. The third kappa shape index (κ3) is 3.94. The van der Waals surface area contributed by atoms with E-state index in [1.54, 1.807) is 29.0 Å². The molecule has 4 nitrogen and oxygen atoms in total. The molecule has 5 rings (SSSR count). The monoisotopic (exact) mass is 466 g/mol. The first kappa shape index (κ1) is 21.2. The van der Waals surface area contributed by atoms with E-state index in [9.17, 15) is 4.79 Å². The zero-order valence-electron chi connectivity index (χ0n) is 17.9. The average Bonchev–Trinajstić information content (AvgIpc) is 2.93. The molecule has 2 aromatic carbocycles. The van der Waals surface area contributed by atoms with Crippen molar-refractivity contribution in [2.75, 3.05) is 0 Å². The van der Waals surface area contributed by atoms with Crippen LogP contribution in [0.2, 0.25) is 10.0 Å². The minimum atomic E-state index is -0.139. The average molecular weight is 467 g/mol. The summed E-state index contributed by atoms with van der Waals surface area (Å²) in [6.07, 6.45) is 7.80. The summed E-state index contributed by atoms with van der Waals surface area (Å²) in [5.41, 5.74) is 5.62. The predicted octanol–water partition coefficient (Wildman–Crippen LogP) is 6.48. The van der Waals surface area contributed by atoms with Gasteiger partial charge >= 0.3 is 0 Å². The molecule has 6 heteroatoms. The van der Waals surface area contributed by atoms with Gasteiger partial charge in [0, 0.05) is 46.0 Å². The van der Waals surface area contributed by atoms with Crippen LogP contribution in [0.3, 0.4) is 0 Å². The van der Waals surface area contributed by atoms with Crippen LogP contribution in [0.5, 0.6) is 5.75 Å². The number of rotatable bonds is 4. The second-order valence-electron chi connectivity index (χ2n) is 8.34. The molecular weight excluding hydrogens is 443 g/mol. The molecule has 0 aliphatic heterocycles. The minimum absolute atomic E-state index is 0.139. The highest BCUT2D eigenvalue weighted by molar-refractivity contribution is 6.35. The van der Waals surface area contributed by atoms with Crippen molar-refractivity contribution >= 4 is 34.1 Å². The molecule has 1 aliphatic rings. The number of hydrogen-bond donors (Lipinski definition) is 0. The number of aromatic nitrogens is 2. The Hall–Kier alpha value is -2.69. The van der Waals surface area contributed by atoms with Crippen LogP contribution in [0.25, 0.3) is 16.6 Å². The number of nitrogens with zero attached hydrogens (tertiary/aromatic N) is 2. The number of pyridine rings is 1. The smallest absolute Gasteiger partial charge is 0.258 e. The largest absolute Gasteiger partial charge is 0.489 e. The second-order valence-corrected chi connectivity index (χ2v) is 9.19. The van der Waals surface area contributed by atoms with E-state index < -0.39 is 0 Å². The lowest BCUT2D eigenvalue weighted by molar-refractivity contribution is 0.305. The SMILES string of the molecule is Cn1c2c(c3ccc(-n4ccc(OCc5ccc(Cl)cc5Cl)cc4=O)cc31)CCCCC2. The van der Waals surface area contributed by atoms with E-state index in [4.69, 9.17) is 27.9 Å². The number of aryl methyl sites for hydroxylation is 2. The Morgan fingerprint density at radius 3 is 2.62 bits per heavy atom. The maximum Gasteiger partial charge on any atom is 0.258 e. The molecule has 32 heavy (non-hydrogen) atoms. The summed E-state index contributed by atoms with van der Waals surface area (Å²) in [5, 5.41) is 2.43. The Morgan fingerprint density at radius 1 is 0.969 bits per heavy atom. The van der Waals surface area contributed by atoms with Gasteiger partial charge in [-0.2, -0.15) is 0 Å². The molecule has 0 bridgehead atoms. The van der Waals surface area contributed by atoms with E-state index in [-0.39, 0.29) is 12.2 Å². The van der Waals surface area contributed by atoms with Crippen LogP contribution < -0.4 is 10.3 Å². The van der Waals surface area contributed by atoms with Crippen LogP contribution in [0.15, 0.2) is 59.5 Å². The summed E-state index contributed by atoms with van der Waals surface area (Å²) in [5.74, 6) is 0.504. The van der Waals surface area contributed by atoms with Crippen LogP contribution >= 0.6 is 23.2 Å². The molecular formula is C26H24Cl2N2O2. The van der Waals surface area contributed by atoms with Crippen LogP contribution in [-0.4, -0.2) is 9.13 Å². The summed E-state index contributed by atoms with van der Waals surface area (Å²) < 4.78 is 9.75. The molecule has 164 valence electrons. The Bertz CT molecular complexity index is 1370. The fourth-order valence-corrected chi connectivity index (χ4v) is 5.10. The number of benzene rings is 2. The molecule has 0 unspecified atom stereocenters. The molecule has 0 amide bonds. The first-order chi connectivity index (χ1) is 15.5. The number of fused-ring (bicyclic) bond motifs is 3. The summed E-state index contributed by atoms with van der Waals surface area (Å²) in [6, 6.07) is 14.9. The first-order valence-electron chi connectivity index (χ1n) is 10.9. The summed E-state index contributed by atoms with van der Waals surface area (Å²) in [6.45, 7) is 0.264. The van der Waals surface area contributed by atoms with Crippen LogP contribution in [0.1, 0.15) is 36.1 Å². The lowest BCUT2D eigenvalue weighted by Gasteiger charge is -2.11. The highest BCUT2D eigenvalue weighted by Gasteiger charge is 2.17. The van der Waals surface area contributed by atoms with E-state index in [1.165, 1.54) is 47.5 Å². The molecule has 0 radical (unpaired) electrons. The highest BCUT2D eigenvalue weighted by Crippen LogP contribution is 2.32. The molecule has 0 saturated heterocycles. The second kappa shape index (κ2) is 8.68. The maximum absolute atomic E-state index is 12.9. The van der Waals surface area contributed by atoms with Crippen LogP contribution in [0.4, 0.5) is 0 Å². The summed E-state index contributed by atoms with van der Waals surface area (Å²) in [4.78, 5) is 12.9. The van der Waals surface area contributed by atoms with Crippen LogP contribution in [-0.2, 0) is 26.5 Å². The van der Waals surface area contributed by atoms with E-state index in [0.29, 0.717) is 15.8 Å². The normalized spacial score (nSPS) is 13.7. The Kier molecular flexibility index (Phi) is 5.75.